The highest BCUT2D eigenvalue weighted by atomic mass is 16.3. The molecule has 0 fully saturated rings. The van der Waals surface area contributed by atoms with E-state index < -0.39 is 11.2 Å². The molecule has 0 spiro atoms. The number of unbranched alkanes of at least 4 members (excludes halogenated alkanes) is 2. The van der Waals surface area contributed by atoms with Gasteiger partial charge in [-0.1, -0.05) is 107 Å². The van der Waals surface area contributed by atoms with Crippen LogP contribution in [0.1, 0.15) is 103 Å². The Bertz CT molecular complexity index is 2800. The first-order chi connectivity index (χ1) is 28.3. The highest BCUT2D eigenvalue weighted by Crippen LogP contribution is 2.50. The minimum Gasteiger partial charge on any atom is -0.494 e. The van der Waals surface area contributed by atoms with Crippen molar-refractivity contribution in [3.05, 3.63) is 151 Å². The van der Waals surface area contributed by atoms with Crippen LogP contribution in [0.2, 0.25) is 0 Å². The Morgan fingerprint density at radius 2 is 1.37 bits per heavy atom. The monoisotopic (exact) mass is 787 g/mol. The van der Waals surface area contributed by atoms with Gasteiger partial charge in [-0.05, 0) is 108 Å². The van der Waals surface area contributed by atoms with Gasteiger partial charge in [-0.3, -0.25) is 13.9 Å². The Kier molecular flexibility index (Phi) is 10.5. The number of rotatable bonds is 10. The molecular weight excluding hydrogens is 729 g/mol. The highest BCUT2D eigenvalue weighted by Gasteiger charge is 2.44. The number of fused-ring (bicyclic) bond motifs is 6. The maximum atomic E-state index is 14.8. The highest BCUT2D eigenvalue weighted by molar-refractivity contribution is 6.08. The molecule has 0 unspecified atom stereocenters. The first kappa shape index (κ1) is 40.1. The summed E-state index contributed by atoms with van der Waals surface area (Å²) in [4.78, 5) is 31.0. The topological polar surface area (TPSA) is 70.5 Å². The van der Waals surface area contributed by atoms with Gasteiger partial charge in [-0.25, -0.2) is 4.79 Å². The zero-order chi connectivity index (χ0) is 41.8. The summed E-state index contributed by atoms with van der Waals surface area (Å²) in [6, 6.07) is 26.0. The molecule has 304 valence electrons. The van der Waals surface area contributed by atoms with Crippen LogP contribution in [0.4, 0.5) is 11.4 Å². The third-order valence-corrected chi connectivity index (χ3v) is 13.3. The van der Waals surface area contributed by atoms with Crippen molar-refractivity contribution in [1.29, 1.82) is 0 Å². The van der Waals surface area contributed by atoms with Gasteiger partial charge in [0.2, 0.25) is 11.6 Å². The summed E-state index contributed by atoms with van der Waals surface area (Å²) >= 11 is 0. The van der Waals surface area contributed by atoms with Crippen molar-refractivity contribution >= 4 is 44.2 Å². The smallest absolute Gasteiger partial charge is 0.333 e. The Balaban J connectivity index is 1.33. The Labute approximate surface area is 348 Å². The van der Waals surface area contributed by atoms with Gasteiger partial charge < -0.3 is 10.0 Å². The van der Waals surface area contributed by atoms with Crippen molar-refractivity contribution in [1.82, 2.24) is 9.13 Å². The number of anilines is 1. The lowest BCUT2D eigenvalue weighted by Crippen LogP contribution is -2.41. The lowest BCUT2D eigenvalue weighted by Gasteiger charge is -2.26. The van der Waals surface area contributed by atoms with Crippen LogP contribution in [-0.4, -0.2) is 38.6 Å². The maximum absolute atomic E-state index is 14.8. The summed E-state index contributed by atoms with van der Waals surface area (Å²) in [6.45, 7) is 13.9. The number of benzene rings is 4. The summed E-state index contributed by atoms with van der Waals surface area (Å²) in [5.74, 6) is -0.232. The first-order valence-corrected chi connectivity index (χ1v) is 21.6. The van der Waals surface area contributed by atoms with Crippen molar-refractivity contribution in [2.45, 2.75) is 110 Å². The minimum atomic E-state index is -0.437. The average Bonchev–Trinajstić information content (AvgIpc) is 3.55. The molecule has 0 atom stereocenters. The Morgan fingerprint density at radius 1 is 0.746 bits per heavy atom. The molecule has 0 saturated heterocycles. The van der Waals surface area contributed by atoms with E-state index in [-0.39, 0.29) is 22.3 Å². The van der Waals surface area contributed by atoms with E-state index in [0.29, 0.717) is 25.9 Å². The van der Waals surface area contributed by atoms with Crippen LogP contribution in [0.5, 0.6) is 5.88 Å². The molecule has 7 heteroatoms. The van der Waals surface area contributed by atoms with E-state index >= 15 is 0 Å². The second kappa shape index (κ2) is 15.5. The van der Waals surface area contributed by atoms with Gasteiger partial charge >= 0.3 is 5.69 Å². The van der Waals surface area contributed by atoms with Gasteiger partial charge in [0.05, 0.1) is 5.41 Å². The fraction of sp³-hybridized carbons (Fsp3) is 0.365. The predicted octanol–water partition coefficient (Wildman–Crippen LogP) is 11.1. The van der Waals surface area contributed by atoms with E-state index in [1.54, 1.807) is 0 Å². The van der Waals surface area contributed by atoms with Gasteiger partial charge in [0.15, 0.2) is 5.71 Å². The average molecular weight is 788 g/mol. The molecule has 8 rings (SSSR count). The lowest BCUT2D eigenvalue weighted by atomic mass is 9.78. The summed E-state index contributed by atoms with van der Waals surface area (Å²) in [7, 11) is 4.28. The molecular formula is C52H59N4O3+. The number of likely N-dealkylation sites (N-methyl/N-ethyl adjacent to an activating group) is 1. The number of nitrogens with zero attached hydrogens (tertiary/aromatic N) is 4. The fourth-order valence-electron chi connectivity index (χ4n) is 10.3. The molecule has 59 heavy (non-hydrogen) atoms. The van der Waals surface area contributed by atoms with Gasteiger partial charge in [0.25, 0.3) is 5.56 Å². The van der Waals surface area contributed by atoms with Crippen LogP contribution >= 0.6 is 0 Å². The van der Waals surface area contributed by atoms with E-state index in [9.17, 15) is 14.7 Å². The molecule has 2 aliphatic heterocycles. The van der Waals surface area contributed by atoms with Crippen LogP contribution in [-0.2, 0) is 23.9 Å². The minimum absolute atomic E-state index is 0.229. The van der Waals surface area contributed by atoms with Crippen molar-refractivity contribution < 1.29 is 9.68 Å². The molecule has 1 aliphatic carbocycles. The molecule has 3 aliphatic rings. The third-order valence-electron chi connectivity index (χ3n) is 13.3. The molecule has 0 saturated carbocycles. The van der Waals surface area contributed by atoms with Gasteiger partial charge in [-0.15, -0.1) is 0 Å². The SMILES string of the molecule is CCCCn1c(O)c(C2=C(/C=C/C3=[N+](C)c4ccc5ccccc5c4C3(C)C)CCC/C2=C\C=C2\N(C)c3ccc4ccccc4c3C2(C)C)c(=O)n(CCCC)c1=O. The van der Waals surface area contributed by atoms with Crippen LogP contribution < -0.4 is 16.1 Å². The molecule has 0 bridgehead atoms. The van der Waals surface area contributed by atoms with E-state index in [2.05, 4.69) is 162 Å². The second-order valence-corrected chi connectivity index (χ2v) is 17.7. The molecule has 5 aromatic rings. The largest absolute Gasteiger partial charge is 0.494 e. The van der Waals surface area contributed by atoms with Gasteiger partial charge in [0, 0.05) is 54.6 Å². The quantitative estimate of drug-likeness (QED) is 0.143. The zero-order valence-electron chi connectivity index (χ0n) is 36.2. The van der Waals surface area contributed by atoms with Crippen LogP contribution in [0.3, 0.4) is 0 Å². The Hall–Kier alpha value is -5.69. The molecule has 1 N–H and O–H groups in total. The fourth-order valence-corrected chi connectivity index (χ4v) is 10.3. The molecule has 4 aromatic carbocycles. The van der Waals surface area contributed by atoms with Crippen molar-refractivity contribution in [3.63, 3.8) is 0 Å². The van der Waals surface area contributed by atoms with Crippen LogP contribution in [0.25, 0.3) is 27.1 Å². The standard InChI is InChI=1S/C52H58N4O3/c1-9-11-32-55-48(57)45(49(58)56(50(55)59)33-12-10-2)44-36(26-30-42-51(3,4)46-38-22-15-13-18-34(38)24-28-40(46)53(42)7)20-17-21-37(44)27-31-43-52(5,6)47-39-23-16-14-19-35(39)25-29-41(47)54(43)8/h13-16,18-19,22-31H,9-12,17,20-21,32-33H2,1-8H3/p+1/b36-26+,42-30+. The molecule has 3 heterocycles. The van der Waals surface area contributed by atoms with Gasteiger partial charge in [0.1, 0.15) is 12.6 Å². The van der Waals surface area contributed by atoms with E-state index in [1.165, 1.54) is 53.2 Å². The number of aromatic nitrogens is 2. The van der Waals surface area contributed by atoms with Crippen LogP contribution in [0, 0.1) is 0 Å². The molecule has 0 amide bonds. The summed E-state index contributed by atoms with van der Waals surface area (Å²) in [6.07, 6.45) is 14.3. The van der Waals surface area contributed by atoms with Gasteiger partial charge in [-0.2, -0.15) is 4.58 Å². The molecule has 1 aromatic heterocycles. The van der Waals surface area contributed by atoms with Crippen molar-refractivity contribution in [2.75, 3.05) is 19.0 Å². The van der Waals surface area contributed by atoms with E-state index in [0.717, 1.165) is 60.2 Å². The first-order valence-electron chi connectivity index (χ1n) is 21.6. The van der Waals surface area contributed by atoms with Crippen molar-refractivity contribution in [2.24, 2.45) is 0 Å². The number of hydrogen-bond acceptors (Lipinski definition) is 4. The summed E-state index contributed by atoms with van der Waals surface area (Å²) in [5.41, 5.74) is 8.81. The number of hydrogen-bond donors (Lipinski definition) is 1. The lowest BCUT2D eigenvalue weighted by molar-refractivity contribution is -0.401. The van der Waals surface area contributed by atoms with E-state index in [1.807, 2.05) is 0 Å². The van der Waals surface area contributed by atoms with Crippen LogP contribution in [0.15, 0.2) is 124 Å². The number of allylic oxidation sites excluding steroid dienone is 8. The molecule has 7 nitrogen and oxygen atoms in total. The van der Waals surface area contributed by atoms with E-state index in [4.69, 9.17) is 0 Å². The normalized spacial score (nSPS) is 18.7. The molecule has 0 radical (unpaired) electrons. The third kappa shape index (κ3) is 6.54. The second-order valence-electron chi connectivity index (χ2n) is 17.7. The summed E-state index contributed by atoms with van der Waals surface area (Å²) in [5, 5.41) is 17.1. The number of aromatic hydroxyl groups is 1. The van der Waals surface area contributed by atoms with Crippen molar-refractivity contribution in [3.8, 4) is 5.88 Å². The Morgan fingerprint density at radius 3 is 2.05 bits per heavy atom. The predicted molar refractivity (Wildman–Crippen MR) is 246 cm³/mol. The zero-order valence-corrected chi connectivity index (χ0v) is 36.2. The summed E-state index contributed by atoms with van der Waals surface area (Å²) < 4.78 is 5.10. The maximum Gasteiger partial charge on any atom is 0.333 e.